The van der Waals surface area contributed by atoms with Crippen LogP contribution in [0.1, 0.15) is 11.3 Å². The summed E-state index contributed by atoms with van der Waals surface area (Å²) in [5, 5.41) is 11.7. The van der Waals surface area contributed by atoms with Crippen molar-refractivity contribution in [2.24, 2.45) is 0 Å². The summed E-state index contributed by atoms with van der Waals surface area (Å²) < 4.78 is 16.7. The first kappa shape index (κ1) is 19.5. The fourth-order valence-corrected chi connectivity index (χ4v) is 4.48. The number of benzene rings is 2. The number of nitrogens with zero attached hydrogens (tertiary/aromatic N) is 3. The number of rotatable bonds is 7. The molecule has 0 aliphatic rings. The maximum absolute atomic E-state index is 5.81. The van der Waals surface area contributed by atoms with Gasteiger partial charge in [-0.15, -0.1) is 21.5 Å². The molecule has 6 nitrogen and oxygen atoms in total. The lowest BCUT2D eigenvalue weighted by molar-refractivity contribution is 0.356. The van der Waals surface area contributed by atoms with Gasteiger partial charge >= 0.3 is 0 Å². The van der Waals surface area contributed by atoms with Gasteiger partial charge in [-0.3, -0.25) is 0 Å². The van der Waals surface area contributed by atoms with Crippen molar-refractivity contribution in [3.8, 4) is 33.5 Å². The van der Waals surface area contributed by atoms with E-state index in [2.05, 4.69) is 10.2 Å². The number of aromatic nitrogens is 3. The predicted octanol–water partition coefficient (Wildman–Crippen LogP) is 5.48. The average molecular weight is 426 g/mol. The Labute approximate surface area is 176 Å². The van der Waals surface area contributed by atoms with Crippen LogP contribution in [0, 0.1) is 6.92 Å². The lowest BCUT2D eigenvalue weighted by atomic mass is 10.1. The minimum absolute atomic E-state index is 0.525. The fraction of sp³-hybridized carbons (Fsp3) is 0.190. The molecule has 2 heterocycles. The average Bonchev–Trinajstić information content (AvgIpc) is 3.41. The molecule has 0 unspecified atom stereocenters. The van der Waals surface area contributed by atoms with Gasteiger partial charge in [0.05, 0.1) is 25.5 Å². The highest BCUT2D eigenvalue weighted by molar-refractivity contribution is 7.98. The van der Waals surface area contributed by atoms with E-state index in [-0.39, 0.29) is 0 Å². The molecule has 0 saturated heterocycles. The zero-order chi connectivity index (χ0) is 20.2. The van der Waals surface area contributed by atoms with Crippen LogP contribution >= 0.6 is 23.1 Å². The number of aryl methyl sites for hydroxylation is 1. The number of thiazole rings is 1. The van der Waals surface area contributed by atoms with Gasteiger partial charge in [0.25, 0.3) is 5.22 Å². The topological polar surface area (TPSA) is 70.3 Å². The number of methoxy groups -OCH3 is 2. The molecule has 0 fully saturated rings. The molecular formula is C21H19N3O3S2. The van der Waals surface area contributed by atoms with Crippen LogP contribution in [0.15, 0.2) is 57.5 Å². The predicted molar refractivity (Wildman–Crippen MR) is 115 cm³/mol. The minimum Gasteiger partial charge on any atom is -0.493 e. The molecule has 2 aromatic carbocycles. The third kappa shape index (κ3) is 4.13. The summed E-state index contributed by atoms with van der Waals surface area (Å²) in [7, 11) is 3.26. The first-order valence-corrected chi connectivity index (χ1v) is 10.7. The Morgan fingerprint density at radius 3 is 2.62 bits per heavy atom. The van der Waals surface area contributed by atoms with Crippen LogP contribution < -0.4 is 9.47 Å². The van der Waals surface area contributed by atoms with Gasteiger partial charge < -0.3 is 13.9 Å². The number of hydrogen-bond donors (Lipinski definition) is 0. The molecule has 0 aliphatic heterocycles. The van der Waals surface area contributed by atoms with E-state index in [1.807, 2.05) is 54.8 Å². The van der Waals surface area contributed by atoms with Crippen molar-refractivity contribution in [1.29, 1.82) is 0 Å². The molecule has 0 amide bonds. The number of para-hydroxylation sites is 1. The lowest BCUT2D eigenvalue weighted by Crippen LogP contribution is -1.93. The summed E-state index contributed by atoms with van der Waals surface area (Å²) in [4.78, 5) is 4.73. The number of ether oxygens (including phenoxy) is 2. The summed E-state index contributed by atoms with van der Waals surface area (Å²) in [6.45, 7) is 2.02. The van der Waals surface area contributed by atoms with Gasteiger partial charge in [0, 0.05) is 16.7 Å². The quantitative estimate of drug-likeness (QED) is 0.363. The van der Waals surface area contributed by atoms with Crippen LogP contribution in [-0.4, -0.2) is 29.4 Å². The Morgan fingerprint density at radius 1 is 1.00 bits per heavy atom. The molecule has 0 atom stereocenters. The molecule has 0 spiro atoms. The summed E-state index contributed by atoms with van der Waals surface area (Å²) in [6, 6.07) is 13.7. The van der Waals surface area contributed by atoms with Crippen LogP contribution in [0.2, 0.25) is 0 Å². The fourth-order valence-electron chi connectivity index (χ4n) is 2.88. The van der Waals surface area contributed by atoms with Gasteiger partial charge in [-0.25, -0.2) is 4.98 Å². The van der Waals surface area contributed by atoms with Crippen LogP contribution in [0.5, 0.6) is 11.5 Å². The first-order valence-electron chi connectivity index (χ1n) is 8.87. The van der Waals surface area contributed by atoms with E-state index in [0.717, 1.165) is 27.4 Å². The maximum Gasteiger partial charge on any atom is 0.277 e. The molecule has 148 valence electrons. The molecule has 0 radical (unpaired) electrons. The van der Waals surface area contributed by atoms with Gasteiger partial charge in [0.2, 0.25) is 5.89 Å². The zero-order valence-electron chi connectivity index (χ0n) is 16.2. The van der Waals surface area contributed by atoms with Gasteiger partial charge in [-0.05, 0) is 30.7 Å². The smallest absolute Gasteiger partial charge is 0.277 e. The largest absolute Gasteiger partial charge is 0.493 e. The third-order valence-corrected chi connectivity index (χ3v) is 6.09. The highest BCUT2D eigenvalue weighted by atomic mass is 32.2. The van der Waals surface area contributed by atoms with Gasteiger partial charge in [-0.2, -0.15) is 0 Å². The lowest BCUT2D eigenvalue weighted by Gasteiger charge is -2.10. The Bertz CT molecular complexity index is 1120. The van der Waals surface area contributed by atoms with E-state index in [9.17, 15) is 0 Å². The standard InChI is InChI=1S/C21H19N3O3S2/c1-13-7-4-5-8-15(13)19-23-24-21(27-19)29-12-14-11-28-20(22-14)16-9-6-10-17(25-2)18(16)26-3/h4-11H,12H2,1-3H3. The Hall–Kier alpha value is -2.84. The van der Waals surface area contributed by atoms with Crippen LogP contribution in [0.4, 0.5) is 0 Å². The van der Waals surface area contributed by atoms with E-state index in [1.54, 1.807) is 25.6 Å². The summed E-state index contributed by atoms with van der Waals surface area (Å²) in [5.41, 5.74) is 3.90. The van der Waals surface area contributed by atoms with Gasteiger partial charge in [0.15, 0.2) is 11.5 Å². The summed E-state index contributed by atoms with van der Waals surface area (Å²) in [6.07, 6.45) is 0. The van der Waals surface area contributed by atoms with Gasteiger partial charge in [-0.1, -0.05) is 36.0 Å². The Kier molecular flexibility index (Phi) is 5.82. The van der Waals surface area contributed by atoms with Crippen molar-refractivity contribution >= 4 is 23.1 Å². The monoisotopic (exact) mass is 425 g/mol. The van der Waals surface area contributed by atoms with Crippen LogP contribution in [0.25, 0.3) is 22.0 Å². The molecule has 2 aromatic heterocycles. The van der Waals surface area contributed by atoms with E-state index in [0.29, 0.717) is 28.4 Å². The first-order chi connectivity index (χ1) is 14.2. The SMILES string of the molecule is COc1cccc(-c2nc(CSc3nnc(-c4ccccc4C)o3)cs2)c1OC. The van der Waals surface area contributed by atoms with E-state index >= 15 is 0 Å². The molecular weight excluding hydrogens is 406 g/mol. The van der Waals surface area contributed by atoms with Crippen molar-refractivity contribution in [2.75, 3.05) is 14.2 Å². The van der Waals surface area contributed by atoms with Crippen molar-refractivity contribution in [1.82, 2.24) is 15.2 Å². The van der Waals surface area contributed by atoms with Crippen LogP contribution in [-0.2, 0) is 5.75 Å². The number of hydrogen-bond acceptors (Lipinski definition) is 8. The molecule has 0 saturated carbocycles. The summed E-state index contributed by atoms with van der Waals surface area (Å²) in [5.74, 6) is 2.54. The molecule has 0 N–H and O–H groups in total. The van der Waals surface area contributed by atoms with Crippen LogP contribution in [0.3, 0.4) is 0 Å². The Balaban J connectivity index is 1.48. The van der Waals surface area contributed by atoms with Crippen molar-refractivity contribution in [3.05, 3.63) is 59.1 Å². The highest BCUT2D eigenvalue weighted by Crippen LogP contribution is 2.39. The minimum atomic E-state index is 0.525. The summed E-state index contributed by atoms with van der Waals surface area (Å²) >= 11 is 3.03. The van der Waals surface area contributed by atoms with Crippen molar-refractivity contribution in [2.45, 2.75) is 17.9 Å². The molecule has 29 heavy (non-hydrogen) atoms. The molecule has 4 aromatic rings. The highest BCUT2D eigenvalue weighted by Gasteiger charge is 2.16. The van der Waals surface area contributed by atoms with Gasteiger partial charge in [0.1, 0.15) is 5.01 Å². The van der Waals surface area contributed by atoms with Crippen molar-refractivity contribution < 1.29 is 13.9 Å². The second-order valence-electron chi connectivity index (χ2n) is 6.16. The Morgan fingerprint density at radius 2 is 1.83 bits per heavy atom. The zero-order valence-corrected chi connectivity index (χ0v) is 17.8. The van der Waals surface area contributed by atoms with Crippen molar-refractivity contribution in [3.63, 3.8) is 0 Å². The maximum atomic E-state index is 5.81. The van der Waals surface area contributed by atoms with E-state index < -0.39 is 0 Å². The number of thioether (sulfide) groups is 1. The molecule has 4 rings (SSSR count). The molecule has 0 bridgehead atoms. The second-order valence-corrected chi connectivity index (χ2v) is 7.95. The van der Waals surface area contributed by atoms with E-state index in [4.69, 9.17) is 18.9 Å². The molecule has 0 aliphatic carbocycles. The second kappa shape index (κ2) is 8.67. The third-order valence-electron chi connectivity index (χ3n) is 4.31. The molecule has 8 heteroatoms. The normalized spacial score (nSPS) is 10.9. The van der Waals surface area contributed by atoms with E-state index in [1.165, 1.54) is 11.8 Å².